The summed E-state index contributed by atoms with van der Waals surface area (Å²) < 4.78 is 11.1. The Morgan fingerprint density at radius 3 is 2.30 bits per heavy atom. The fourth-order valence-electron chi connectivity index (χ4n) is 1.13. The molecule has 1 rings (SSSR count). The maximum absolute atomic E-state index is 5.66. The number of rotatable bonds is 0. The zero-order chi connectivity index (χ0) is 7.78. The maximum atomic E-state index is 5.66. The van der Waals surface area contributed by atoms with E-state index in [9.17, 15) is 0 Å². The van der Waals surface area contributed by atoms with E-state index in [2.05, 4.69) is 13.8 Å². The molecule has 0 aromatic heterocycles. The van der Waals surface area contributed by atoms with Gasteiger partial charge in [-0.3, -0.25) is 0 Å². The molecule has 2 nitrogen and oxygen atoms in total. The lowest BCUT2D eigenvalue weighted by atomic mass is 10.0. The van der Waals surface area contributed by atoms with Crippen LogP contribution in [0.5, 0.6) is 0 Å². The molecule has 2 atom stereocenters. The van der Waals surface area contributed by atoms with Gasteiger partial charge >= 0.3 is 0 Å². The molecule has 0 amide bonds. The van der Waals surface area contributed by atoms with Crippen LogP contribution in [0.25, 0.3) is 0 Å². The fourth-order valence-corrected chi connectivity index (χ4v) is 1.13. The van der Waals surface area contributed by atoms with Gasteiger partial charge in [-0.25, -0.2) is 0 Å². The third-order valence-electron chi connectivity index (χ3n) is 2.06. The van der Waals surface area contributed by atoms with Crippen LogP contribution in [0.2, 0.25) is 0 Å². The highest BCUT2D eigenvalue weighted by Gasteiger charge is 2.33. The zero-order valence-electron chi connectivity index (χ0n) is 7.18. The first-order valence-corrected chi connectivity index (χ1v) is 3.82. The first-order chi connectivity index (χ1) is 4.52. The Morgan fingerprint density at radius 1 is 1.30 bits per heavy atom. The van der Waals surface area contributed by atoms with Crippen molar-refractivity contribution in [3.63, 3.8) is 0 Å². The topological polar surface area (TPSA) is 18.5 Å². The predicted molar refractivity (Wildman–Crippen MR) is 40.0 cm³/mol. The second kappa shape index (κ2) is 2.51. The van der Waals surface area contributed by atoms with Crippen LogP contribution in [0.3, 0.4) is 0 Å². The van der Waals surface area contributed by atoms with Crippen molar-refractivity contribution in [1.29, 1.82) is 0 Å². The van der Waals surface area contributed by atoms with Crippen molar-refractivity contribution in [1.82, 2.24) is 0 Å². The number of hydrogen-bond donors (Lipinski definition) is 0. The van der Waals surface area contributed by atoms with Gasteiger partial charge < -0.3 is 9.47 Å². The molecule has 0 saturated carbocycles. The largest absolute Gasteiger partial charge is 0.373 e. The van der Waals surface area contributed by atoms with Gasteiger partial charge in [0.05, 0.1) is 24.4 Å². The summed E-state index contributed by atoms with van der Waals surface area (Å²) in [6.07, 6.45) is 0.454. The molecule has 1 fully saturated rings. The summed E-state index contributed by atoms with van der Waals surface area (Å²) in [7, 11) is 0. The van der Waals surface area contributed by atoms with Gasteiger partial charge in [0, 0.05) is 0 Å². The Morgan fingerprint density at radius 2 is 1.90 bits per heavy atom. The van der Waals surface area contributed by atoms with Crippen molar-refractivity contribution >= 4 is 0 Å². The van der Waals surface area contributed by atoms with Crippen molar-refractivity contribution in [2.24, 2.45) is 0 Å². The third-order valence-corrected chi connectivity index (χ3v) is 2.06. The zero-order valence-corrected chi connectivity index (χ0v) is 7.18. The van der Waals surface area contributed by atoms with E-state index in [4.69, 9.17) is 9.47 Å². The molecule has 0 bridgehead atoms. The first kappa shape index (κ1) is 8.02. The van der Waals surface area contributed by atoms with E-state index in [0.29, 0.717) is 0 Å². The lowest BCUT2D eigenvalue weighted by Crippen LogP contribution is -2.48. The monoisotopic (exact) mass is 144 g/mol. The summed E-state index contributed by atoms with van der Waals surface area (Å²) >= 11 is 0. The SMILES string of the molecule is CC1COC(C)C(C)(C)O1. The minimum atomic E-state index is -0.113. The molecule has 2 heteroatoms. The van der Waals surface area contributed by atoms with Crippen LogP contribution < -0.4 is 0 Å². The molecular weight excluding hydrogens is 128 g/mol. The molecule has 1 saturated heterocycles. The molecule has 0 radical (unpaired) electrons. The Labute approximate surface area is 62.5 Å². The first-order valence-electron chi connectivity index (χ1n) is 3.82. The summed E-state index contributed by atoms with van der Waals surface area (Å²) in [5, 5.41) is 0. The molecule has 2 unspecified atom stereocenters. The van der Waals surface area contributed by atoms with Crippen LogP contribution in [-0.2, 0) is 9.47 Å². The third kappa shape index (κ3) is 1.50. The van der Waals surface area contributed by atoms with E-state index in [0.717, 1.165) is 6.61 Å². The Hall–Kier alpha value is -0.0800. The van der Waals surface area contributed by atoms with Gasteiger partial charge in [-0.2, -0.15) is 0 Å². The van der Waals surface area contributed by atoms with E-state index in [1.54, 1.807) is 0 Å². The van der Waals surface area contributed by atoms with Gasteiger partial charge in [-0.1, -0.05) is 0 Å². The highest BCUT2D eigenvalue weighted by Crippen LogP contribution is 2.24. The van der Waals surface area contributed by atoms with Gasteiger partial charge in [0.15, 0.2) is 0 Å². The lowest BCUT2D eigenvalue weighted by molar-refractivity contribution is -0.212. The summed E-state index contributed by atoms with van der Waals surface area (Å²) in [5.41, 5.74) is -0.113. The molecule has 1 heterocycles. The fraction of sp³-hybridized carbons (Fsp3) is 1.00. The average molecular weight is 144 g/mol. The van der Waals surface area contributed by atoms with Gasteiger partial charge in [-0.15, -0.1) is 0 Å². The average Bonchev–Trinajstić information content (AvgIpc) is 1.78. The molecule has 0 aliphatic carbocycles. The highest BCUT2D eigenvalue weighted by atomic mass is 16.6. The number of ether oxygens (including phenoxy) is 2. The lowest BCUT2D eigenvalue weighted by Gasteiger charge is -2.39. The van der Waals surface area contributed by atoms with Crippen LogP contribution >= 0.6 is 0 Å². The van der Waals surface area contributed by atoms with Crippen LogP contribution in [0, 0.1) is 0 Å². The standard InChI is InChI=1S/C8H16O2/c1-6-5-9-7(2)8(3,4)10-6/h6-7H,5H2,1-4H3. The van der Waals surface area contributed by atoms with E-state index < -0.39 is 0 Å². The Balaban J connectivity index is 2.55. The number of hydrogen-bond acceptors (Lipinski definition) is 2. The minimum Gasteiger partial charge on any atom is -0.373 e. The van der Waals surface area contributed by atoms with Gasteiger partial charge in [0.25, 0.3) is 0 Å². The van der Waals surface area contributed by atoms with Crippen molar-refractivity contribution < 1.29 is 9.47 Å². The Kier molecular flexibility index (Phi) is 2.02. The molecule has 1 aliphatic heterocycles. The molecule has 10 heavy (non-hydrogen) atoms. The van der Waals surface area contributed by atoms with Gasteiger partial charge in [-0.05, 0) is 27.7 Å². The van der Waals surface area contributed by atoms with Crippen molar-refractivity contribution in [3.8, 4) is 0 Å². The van der Waals surface area contributed by atoms with Gasteiger partial charge in [0.1, 0.15) is 0 Å². The second-order valence-corrected chi connectivity index (χ2v) is 3.51. The summed E-state index contributed by atoms with van der Waals surface area (Å²) in [6, 6.07) is 0. The Bertz CT molecular complexity index is 120. The van der Waals surface area contributed by atoms with Crippen molar-refractivity contribution in [2.45, 2.75) is 45.5 Å². The molecule has 0 N–H and O–H groups in total. The molecule has 1 aliphatic rings. The summed E-state index contributed by atoms with van der Waals surface area (Å²) in [4.78, 5) is 0. The molecule has 60 valence electrons. The normalized spacial score (nSPS) is 39.6. The van der Waals surface area contributed by atoms with Crippen LogP contribution in [0.4, 0.5) is 0 Å². The molecule has 0 spiro atoms. The smallest absolute Gasteiger partial charge is 0.0889 e. The molecule has 0 aromatic carbocycles. The maximum Gasteiger partial charge on any atom is 0.0889 e. The van der Waals surface area contributed by atoms with Crippen LogP contribution in [0.15, 0.2) is 0 Å². The highest BCUT2D eigenvalue weighted by molar-refractivity contribution is 4.81. The molecule has 0 aromatic rings. The molecular formula is C8H16O2. The second-order valence-electron chi connectivity index (χ2n) is 3.51. The van der Waals surface area contributed by atoms with E-state index in [1.165, 1.54) is 0 Å². The van der Waals surface area contributed by atoms with Crippen molar-refractivity contribution in [3.05, 3.63) is 0 Å². The van der Waals surface area contributed by atoms with E-state index in [-0.39, 0.29) is 17.8 Å². The minimum absolute atomic E-state index is 0.113. The summed E-state index contributed by atoms with van der Waals surface area (Å²) in [5.74, 6) is 0. The van der Waals surface area contributed by atoms with Gasteiger partial charge in [0.2, 0.25) is 0 Å². The quantitative estimate of drug-likeness (QED) is 0.514. The predicted octanol–water partition coefficient (Wildman–Crippen LogP) is 1.59. The van der Waals surface area contributed by atoms with Crippen LogP contribution in [0.1, 0.15) is 27.7 Å². The summed E-state index contributed by atoms with van der Waals surface area (Å²) in [6.45, 7) is 8.94. The van der Waals surface area contributed by atoms with Crippen molar-refractivity contribution in [2.75, 3.05) is 6.61 Å². The van der Waals surface area contributed by atoms with Crippen LogP contribution in [-0.4, -0.2) is 24.4 Å². The van der Waals surface area contributed by atoms with E-state index >= 15 is 0 Å². The van der Waals surface area contributed by atoms with E-state index in [1.807, 2.05) is 13.8 Å².